The van der Waals surface area contributed by atoms with Crippen molar-refractivity contribution >= 4 is 28.8 Å². The molecule has 0 aromatic carbocycles. The van der Waals surface area contributed by atoms with Crippen molar-refractivity contribution in [2.45, 2.75) is 31.3 Å². The van der Waals surface area contributed by atoms with E-state index in [1.807, 2.05) is 5.38 Å². The van der Waals surface area contributed by atoms with Gasteiger partial charge in [-0.1, -0.05) is 6.92 Å². The number of carbonyl (C=O) groups is 1. The second-order valence-electron chi connectivity index (χ2n) is 4.47. The fourth-order valence-corrected chi connectivity index (χ4v) is 3.57. The van der Waals surface area contributed by atoms with Crippen molar-refractivity contribution in [1.82, 2.24) is 9.88 Å². The van der Waals surface area contributed by atoms with Gasteiger partial charge in [-0.3, -0.25) is 9.69 Å². The molecule has 0 spiro atoms. The Morgan fingerprint density at radius 3 is 3.16 bits per heavy atom. The van der Waals surface area contributed by atoms with Gasteiger partial charge in [0.25, 0.3) is 0 Å². The number of thiazole rings is 1. The molecular weight excluding hydrogens is 286 g/mol. The second-order valence-corrected chi connectivity index (χ2v) is 5.62. The Morgan fingerprint density at radius 1 is 1.79 bits per heavy atom. The van der Waals surface area contributed by atoms with E-state index in [-0.39, 0.29) is 18.0 Å². The van der Waals surface area contributed by atoms with Crippen LogP contribution in [0.5, 0.6) is 0 Å². The van der Waals surface area contributed by atoms with Gasteiger partial charge in [-0.05, 0) is 6.42 Å². The minimum Gasteiger partial charge on any atom is -0.378 e. The maximum absolute atomic E-state index is 11.5. The lowest BCUT2D eigenvalue weighted by atomic mass is 10.1. The van der Waals surface area contributed by atoms with Gasteiger partial charge in [0.05, 0.1) is 30.8 Å². The fraction of sp³-hybridized carbons (Fsp3) is 0.667. The molecule has 2 atom stereocenters. The molecule has 7 heteroatoms. The Balaban J connectivity index is 2.21. The van der Waals surface area contributed by atoms with Gasteiger partial charge in [-0.2, -0.15) is 0 Å². The summed E-state index contributed by atoms with van der Waals surface area (Å²) in [5, 5.41) is 2.95. The summed E-state index contributed by atoms with van der Waals surface area (Å²) in [5.74, 6) is 0.0715. The smallest absolute Gasteiger partial charge is 0.237 e. The van der Waals surface area contributed by atoms with Gasteiger partial charge in [-0.25, -0.2) is 4.98 Å². The van der Waals surface area contributed by atoms with Crippen LogP contribution >= 0.6 is 22.9 Å². The summed E-state index contributed by atoms with van der Waals surface area (Å²) in [5.41, 5.74) is 6.34. The van der Waals surface area contributed by atoms with Crippen molar-refractivity contribution in [2.24, 2.45) is 5.73 Å². The van der Waals surface area contributed by atoms with Crippen LogP contribution < -0.4 is 5.73 Å². The second kappa shape index (κ2) is 6.65. The summed E-state index contributed by atoms with van der Waals surface area (Å²) < 4.78 is 5.35. The molecule has 2 N–H and O–H groups in total. The maximum atomic E-state index is 11.5. The van der Waals surface area contributed by atoms with Gasteiger partial charge in [-0.15, -0.1) is 22.9 Å². The molecule has 0 bridgehead atoms. The van der Waals surface area contributed by atoms with Crippen LogP contribution in [-0.2, 0) is 15.4 Å². The topological polar surface area (TPSA) is 68.5 Å². The third-order valence-electron chi connectivity index (χ3n) is 3.28. The minimum atomic E-state index is -0.373. The zero-order valence-corrected chi connectivity index (χ0v) is 12.4. The first-order valence-electron chi connectivity index (χ1n) is 6.30. The third kappa shape index (κ3) is 3.25. The molecule has 0 saturated carbocycles. The van der Waals surface area contributed by atoms with Crippen molar-refractivity contribution in [3.63, 3.8) is 0 Å². The van der Waals surface area contributed by atoms with Crippen LogP contribution in [0.3, 0.4) is 0 Å². The standard InChI is InChI=1S/C12H18ClN3O2S/c1-2-9(12-15-8(5-13)7-19-12)16-3-4-18-6-10(16)11(14)17/h7,9-10H,2-6H2,1H3,(H2,14,17). The number of aromatic nitrogens is 1. The van der Waals surface area contributed by atoms with Gasteiger partial charge in [0.2, 0.25) is 5.91 Å². The van der Waals surface area contributed by atoms with E-state index in [0.717, 1.165) is 17.1 Å². The van der Waals surface area contributed by atoms with E-state index < -0.39 is 0 Å². The summed E-state index contributed by atoms with van der Waals surface area (Å²) in [7, 11) is 0. The average Bonchev–Trinajstić information content (AvgIpc) is 2.89. The van der Waals surface area contributed by atoms with Crippen LogP contribution in [0.4, 0.5) is 0 Å². The predicted molar refractivity (Wildman–Crippen MR) is 75.2 cm³/mol. The molecule has 1 saturated heterocycles. The van der Waals surface area contributed by atoms with Gasteiger partial charge in [0.15, 0.2) is 0 Å². The van der Waals surface area contributed by atoms with E-state index in [0.29, 0.717) is 25.6 Å². The monoisotopic (exact) mass is 303 g/mol. The summed E-state index contributed by atoms with van der Waals surface area (Å²) in [6.45, 7) is 3.76. The van der Waals surface area contributed by atoms with E-state index in [1.54, 1.807) is 11.3 Å². The molecule has 1 aromatic heterocycles. The van der Waals surface area contributed by atoms with Crippen molar-refractivity contribution in [1.29, 1.82) is 0 Å². The molecule has 1 aliphatic rings. The number of nitrogens with two attached hydrogens (primary N) is 1. The Bertz CT molecular complexity index is 440. The molecule has 1 aliphatic heterocycles. The number of ether oxygens (including phenoxy) is 1. The van der Waals surface area contributed by atoms with Crippen molar-refractivity contribution in [3.05, 3.63) is 16.1 Å². The number of morpholine rings is 1. The molecule has 2 unspecified atom stereocenters. The number of carbonyl (C=O) groups excluding carboxylic acids is 1. The van der Waals surface area contributed by atoms with E-state index in [1.165, 1.54) is 0 Å². The lowest BCUT2D eigenvalue weighted by molar-refractivity contribution is -0.131. The third-order valence-corrected chi connectivity index (χ3v) is 4.55. The fourth-order valence-electron chi connectivity index (χ4n) is 2.32. The first kappa shape index (κ1) is 14.7. The predicted octanol–water partition coefficient (Wildman–Crippen LogP) is 1.52. The van der Waals surface area contributed by atoms with Crippen molar-refractivity contribution < 1.29 is 9.53 Å². The Hall–Kier alpha value is -0.690. The number of halogens is 1. The number of rotatable bonds is 5. The molecule has 106 valence electrons. The van der Waals surface area contributed by atoms with Gasteiger partial charge in [0, 0.05) is 11.9 Å². The summed E-state index contributed by atoms with van der Waals surface area (Å²) in [6, 6.07) is -0.273. The first-order valence-corrected chi connectivity index (χ1v) is 7.71. The number of nitrogens with zero attached hydrogens (tertiary/aromatic N) is 2. The molecule has 2 rings (SSSR count). The highest BCUT2D eigenvalue weighted by molar-refractivity contribution is 7.09. The molecule has 1 amide bonds. The first-order chi connectivity index (χ1) is 9.17. The minimum absolute atomic E-state index is 0.100. The van der Waals surface area contributed by atoms with Crippen molar-refractivity contribution in [2.75, 3.05) is 19.8 Å². The lowest BCUT2D eigenvalue weighted by Crippen LogP contribution is -2.53. The van der Waals surface area contributed by atoms with Crippen LogP contribution in [0.15, 0.2) is 5.38 Å². The maximum Gasteiger partial charge on any atom is 0.237 e. The Kier molecular flexibility index (Phi) is 5.15. The number of hydrogen-bond donors (Lipinski definition) is 1. The molecule has 2 heterocycles. The van der Waals surface area contributed by atoms with Gasteiger partial charge in [0.1, 0.15) is 11.0 Å². The van der Waals surface area contributed by atoms with Crippen LogP contribution in [0.2, 0.25) is 0 Å². The Morgan fingerprint density at radius 2 is 2.58 bits per heavy atom. The van der Waals surface area contributed by atoms with Gasteiger partial charge < -0.3 is 10.5 Å². The highest BCUT2D eigenvalue weighted by atomic mass is 35.5. The van der Waals surface area contributed by atoms with Gasteiger partial charge >= 0.3 is 0 Å². The largest absolute Gasteiger partial charge is 0.378 e. The average molecular weight is 304 g/mol. The zero-order valence-electron chi connectivity index (χ0n) is 10.8. The SMILES string of the molecule is CCC(c1nc(CCl)cs1)N1CCOCC1C(N)=O. The molecule has 1 aromatic rings. The summed E-state index contributed by atoms with van der Waals surface area (Å²) >= 11 is 7.37. The summed E-state index contributed by atoms with van der Waals surface area (Å²) in [4.78, 5) is 18.2. The molecule has 0 radical (unpaired) electrons. The van der Waals surface area contributed by atoms with E-state index in [9.17, 15) is 4.79 Å². The van der Waals surface area contributed by atoms with Crippen LogP contribution in [0.1, 0.15) is 30.1 Å². The lowest BCUT2D eigenvalue weighted by Gasteiger charge is -2.38. The quantitative estimate of drug-likeness (QED) is 0.837. The molecular formula is C12H18ClN3O2S. The molecule has 0 aliphatic carbocycles. The number of amides is 1. The molecule has 19 heavy (non-hydrogen) atoms. The zero-order chi connectivity index (χ0) is 13.8. The van der Waals surface area contributed by atoms with Crippen LogP contribution in [-0.4, -0.2) is 41.6 Å². The number of hydrogen-bond acceptors (Lipinski definition) is 5. The molecule has 5 nitrogen and oxygen atoms in total. The van der Waals surface area contributed by atoms with E-state index in [4.69, 9.17) is 22.1 Å². The van der Waals surface area contributed by atoms with Crippen LogP contribution in [0.25, 0.3) is 0 Å². The Labute approximate surface area is 121 Å². The highest BCUT2D eigenvalue weighted by Gasteiger charge is 2.34. The number of alkyl halides is 1. The van der Waals surface area contributed by atoms with Crippen LogP contribution in [0, 0.1) is 0 Å². The van der Waals surface area contributed by atoms with E-state index in [2.05, 4.69) is 16.8 Å². The summed E-state index contributed by atoms with van der Waals surface area (Å²) in [6.07, 6.45) is 0.874. The van der Waals surface area contributed by atoms with E-state index >= 15 is 0 Å². The molecule has 1 fully saturated rings. The number of primary amides is 1. The normalized spacial score (nSPS) is 22.3. The van der Waals surface area contributed by atoms with Crippen molar-refractivity contribution in [3.8, 4) is 0 Å². The highest BCUT2D eigenvalue weighted by Crippen LogP contribution is 2.30.